The molecule has 0 aromatic rings. The monoisotopic (exact) mass is 478 g/mol. The van der Waals surface area contributed by atoms with Gasteiger partial charge in [0.1, 0.15) is 0 Å². The number of alkyl halides is 13. The van der Waals surface area contributed by atoms with Crippen molar-refractivity contribution in [3.8, 4) is 0 Å². The first kappa shape index (κ1) is 28.2. The number of allylic oxidation sites excluding steroid dienone is 1. The average molecular weight is 478 g/mol. The molecule has 17 heteroatoms. The second-order valence-corrected chi connectivity index (χ2v) is 5.76. The van der Waals surface area contributed by atoms with Crippen molar-refractivity contribution < 1.29 is 76.8 Å². The van der Waals surface area contributed by atoms with Crippen molar-refractivity contribution in [1.29, 1.82) is 0 Å². The van der Waals surface area contributed by atoms with Gasteiger partial charge in [-0.1, -0.05) is 0 Å². The number of halogens is 13. The molecule has 1 atom stereocenters. The summed E-state index contributed by atoms with van der Waals surface area (Å²) in [5.41, 5.74) is -1.98. The lowest BCUT2D eigenvalue weighted by molar-refractivity contribution is -0.436. The molecule has 2 N–H and O–H groups in total. The first-order valence-electron chi connectivity index (χ1n) is 7.14. The Hall–Kier alpha value is -1.78. The van der Waals surface area contributed by atoms with Gasteiger partial charge in [-0.15, -0.1) is 0 Å². The topological polar surface area (TPSA) is 66.8 Å². The van der Waals surface area contributed by atoms with Crippen molar-refractivity contribution in [2.45, 2.75) is 48.8 Å². The largest absolute Gasteiger partial charge is 0.478 e. The molecular weight excluding hydrogens is 467 g/mol. The fourth-order valence-electron chi connectivity index (χ4n) is 1.60. The summed E-state index contributed by atoms with van der Waals surface area (Å²) in [5, 5.41) is 17.4. The average Bonchev–Trinajstić information content (AvgIpc) is 2.51. The molecule has 0 saturated heterocycles. The second-order valence-electron chi connectivity index (χ2n) is 5.76. The molecule has 0 aliphatic carbocycles. The third kappa shape index (κ3) is 4.92. The molecule has 0 saturated carbocycles. The van der Waals surface area contributed by atoms with Gasteiger partial charge in [0.05, 0.1) is 24.9 Å². The fourth-order valence-corrected chi connectivity index (χ4v) is 1.60. The number of aliphatic hydroxyl groups is 1. The Morgan fingerprint density at radius 1 is 0.833 bits per heavy atom. The number of hydrogen-bond acceptors (Lipinski definition) is 3. The van der Waals surface area contributed by atoms with Gasteiger partial charge in [0.15, 0.2) is 0 Å². The molecule has 178 valence electrons. The summed E-state index contributed by atoms with van der Waals surface area (Å²) in [7, 11) is 0. The van der Waals surface area contributed by atoms with E-state index in [-0.39, 0.29) is 0 Å². The second kappa shape index (κ2) is 8.39. The van der Waals surface area contributed by atoms with Crippen LogP contribution in [-0.4, -0.2) is 71.3 Å². The molecule has 0 aliphatic rings. The van der Waals surface area contributed by atoms with Gasteiger partial charge >= 0.3 is 41.8 Å². The van der Waals surface area contributed by atoms with Gasteiger partial charge < -0.3 is 14.9 Å². The summed E-state index contributed by atoms with van der Waals surface area (Å²) in [6.07, 6.45) is -10.5. The molecule has 0 spiro atoms. The van der Waals surface area contributed by atoms with Crippen molar-refractivity contribution in [1.82, 2.24) is 0 Å². The highest BCUT2D eigenvalue weighted by atomic mass is 19.4. The lowest BCUT2D eigenvalue weighted by Crippen LogP contribution is -2.69. The molecule has 4 nitrogen and oxygen atoms in total. The van der Waals surface area contributed by atoms with Crippen LogP contribution in [0.25, 0.3) is 0 Å². The number of ether oxygens (including phenoxy) is 1. The van der Waals surface area contributed by atoms with E-state index in [9.17, 15) is 61.9 Å². The van der Waals surface area contributed by atoms with Crippen molar-refractivity contribution >= 4 is 5.97 Å². The number of rotatable bonds is 10. The quantitative estimate of drug-likeness (QED) is 0.366. The predicted molar refractivity (Wildman–Crippen MR) is 69.0 cm³/mol. The van der Waals surface area contributed by atoms with E-state index in [1.807, 2.05) is 0 Å². The van der Waals surface area contributed by atoms with E-state index in [1.165, 1.54) is 0 Å². The third-order valence-electron chi connectivity index (χ3n) is 3.20. The van der Waals surface area contributed by atoms with Crippen molar-refractivity contribution in [2.75, 3.05) is 13.2 Å². The van der Waals surface area contributed by atoms with E-state index < -0.39 is 72.7 Å². The van der Waals surface area contributed by atoms with E-state index in [0.717, 1.165) is 6.92 Å². The van der Waals surface area contributed by atoms with Gasteiger partial charge in [-0.2, -0.15) is 57.1 Å². The number of aliphatic carboxylic acids is 1. The molecule has 0 fully saturated rings. The molecule has 0 aromatic heterocycles. The number of carboxylic acids is 1. The maximum atomic E-state index is 13.6. The Bertz CT molecular complexity index is 652. The number of aliphatic hydroxyl groups excluding tert-OH is 1. The molecule has 1 unspecified atom stereocenters. The van der Waals surface area contributed by atoms with E-state index in [1.54, 1.807) is 0 Å². The van der Waals surface area contributed by atoms with Gasteiger partial charge in [-0.3, -0.25) is 0 Å². The molecule has 0 aromatic carbocycles. The van der Waals surface area contributed by atoms with Crippen LogP contribution in [0, 0.1) is 0 Å². The molecule has 0 bridgehead atoms. The highest BCUT2D eigenvalue weighted by molar-refractivity contribution is 5.87. The van der Waals surface area contributed by atoms with E-state index in [0.29, 0.717) is 0 Å². The minimum absolute atomic E-state index is 0.807. The number of carboxylic acid groups (broad SMARTS) is 1. The molecule has 0 radical (unpaired) electrons. The molecule has 0 amide bonds. The third-order valence-corrected chi connectivity index (χ3v) is 3.20. The van der Waals surface area contributed by atoms with Crippen LogP contribution >= 0.6 is 0 Å². The van der Waals surface area contributed by atoms with Crippen LogP contribution in [-0.2, 0) is 9.53 Å². The zero-order valence-electron chi connectivity index (χ0n) is 14.2. The molecule has 30 heavy (non-hydrogen) atoms. The zero-order valence-corrected chi connectivity index (χ0v) is 14.2. The van der Waals surface area contributed by atoms with Gasteiger partial charge in [0.25, 0.3) is 0 Å². The highest BCUT2D eigenvalue weighted by Crippen LogP contribution is 2.60. The maximum Gasteiger partial charge on any atom is 0.460 e. The lowest BCUT2D eigenvalue weighted by Gasteiger charge is -2.39. The van der Waals surface area contributed by atoms with E-state index >= 15 is 0 Å². The van der Waals surface area contributed by atoms with Crippen LogP contribution in [0.15, 0.2) is 11.6 Å². The van der Waals surface area contributed by atoms with E-state index in [4.69, 9.17) is 10.2 Å². The minimum atomic E-state index is -8.08. The molecule has 0 aliphatic heterocycles. The SMILES string of the molecule is CC(O)COCC(=CC(F)(F)C(F)(F)C(F)(F)C(F)(F)C(F)(F)C(F)(F)F)C(=O)O. The van der Waals surface area contributed by atoms with Crippen LogP contribution in [0.5, 0.6) is 0 Å². The zero-order chi connectivity index (χ0) is 24.6. The fraction of sp³-hybridized carbons (Fsp3) is 0.769. The van der Waals surface area contributed by atoms with E-state index in [2.05, 4.69) is 4.74 Å². The maximum absolute atomic E-state index is 13.6. The summed E-state index contributed by atoms with van der Waals surface area (Å²) in [6.45, 7) is -1.39. The summed E-state index contributed by atoms with van der Waals surface area (Å²) < 4.78 is 172. The van der Waals surface area contributed by atoms with Gasteiger partial charge in [-0.05, 0) is 6.92 Å². The normalized spacial score (nSPS) is 16.6. The van der Waals surface area contributed by atoms with Crippen LogP contribution in [0.4, 0.5) is 57.1 Å². The van der Waals surface area contributed by atoms with Crippen LogP contribution in [0.3, 0.4) is 0 Å². The first-order valence-corrected chi connectivity index (χ1v) is 7.14. The summed E-state index contributed by atoms with van der Waals surface area (Å²) >= 11 is 0. The van der Waals surface area contributed by atoms with Crippen molar-refractivity contribution in [3.05, 3.63) is 11.6 Å². The Balaban J connectivity index is 6.30. The molecule has 0 rings (SSSR count). The Morgan fingerprint density at radius 2 is 1.23 bits per heavy atom. The highest BCUT2D eigenvalue weighted by Gasteiger charge is 2.90. The predicted octanol–water partition coefficient (Wildman–Crippen LogP) is 4.13. The van der Waals surface area contributed by atoms with Crippen molar-refractivity contribution in [3.63, 3.8) is 0 Å². The standard InChI is InChI=1S/C13H11F13O4/c1-5(27)3-30-4-6(7(28)29)2-8(14,15)9(16,17)10(18,19)11(20,21)12(22,23)13(24,25)26/h2,5,27H,3-4H2,1H3,(H,28,29). The molecule has 0 heterocycles. The minimum Gasteiger partial charge on any atom is -0.478 e. The smallest absolute Gasteiger partial charge is 0.460 e. The number of hydrogen-bond donors (Lipinski definition) is 2. The first-order chi connectivity index (χ1) is 13.0. The Kier molecular flexibility index (Phi) is 7.89. The lowest BCUT2D eigenvalue weighted by atomic mass is 9.93. The van der Waals surface area contributed by atoms with Gasteiger partial charge in [0.2, 0.25) is 0 Å². The van der Waals surface area contributed by atoms with Crippen LogP contribution < -0.4 is 0 Å². The summed E-state index contributed by atoms with van der Waals surface area (Å²) in [5.74, 6) is -40.8. The van der Waals surface area contributed by atoms with Gasteiger partial charge in [0, 0.05) is 6.08 Å². The summed E-state index contributed by atoms with van der Waals surface area (Å²) in [6, 6.07) is 0. The Morgan fingerprint density at radius 3 is 1.57 bits per heavy atom. The Labute approximate surface area is 157 Å². The van der Waals surface area contributed by atoms with Crippen LogP contribution in [0.2, 0.25) is 0 Å². The van der Waals surface area contributed by atoms with Gasteiger partial charge in [-0.25, -0.2) is 4.79 Å². The number of carbonyl (C=O) groups is 1. The van der Waals surface area contributed by atoms with Crippen LogP contribution in [0.1, 0.15) is 6.92 Å². The molecular formula is C13H11F13O4. The van der Waals surface area contributed by atoms with Crippen molar-refractivity contribution in [2.24, 2.45) is 0 Å². The summed E-state index contributed by atoms with van der Waals surface area (Å²) in [4.78, 5) is 10.7.